The molecule has 0 aliphatic heterocycles. The van der Waals surface area contributed by atoms with Gasteiger partial charge in [-0.3, -0.25) is 9.36 Å². The maximum atomic E-state index is 12.6. The summed E-state index contributed by atoms with van der Waals surface area (Å²) in [6.45, 7) is 0.213. The molecule has 2 aromatic rings. The predicted octanol–water partition coefficient (Wildman–Crippen LogP) is 1.95. The first-order valence-corrected chi connectivity index (χ1v) is 7.45. The van der Waals surface area contributed by atoms with Gasteiger partial charge in [-0.05, 0) is 23.8 Å². The highest BCUT2D eigenvalue weighted by atomic mass is 35.5. The van der Waals surface area contributed by atoms with Crippen molar-refractivity contribution in [3.05, 3.63) is 61.4 Å². The van der Waals surface area contributed by atoms with E-state index in [0.29, 0.717) is 10.6 Å². The summed E-state index contributed by atoms with van der Waals surface area (Å²) in [6.07, 6.45) is -5.89. The van der Waals surface area contributed by atoms with Gasteiger partial charge in [0, 0.05) is 30.4 Å². The molecule has 0 unspecified atom stereocenters. The Morgan fingerprint density at radius 3 is 2.52 bits per heavy atom. The Morgan fingerprint density at radius 1 is 1.24 bits per heavy atom. The van der Waals surface area contributed by atoms with Crippen molar-refractivity contribution in [2.24, 2.45) is 7.05 Å². The number of benzene rings is 1. The van der Waals surface area contributed by atoms with Crippen molar-refractivity contribution in [3.8, 4) is 5.69 Å². The Kier molecular flexibility index (Phi) is 5.71. The Bertz CT molecular complexity index is 890. The summed E-state index contributed by atoms with van der Waals surface area (Å²) in [6, 6.07) is 5.21. The molecule has 10 heteroatoms. The highest BCUT2D eigenvalue weighted by Gasteiger charge is 2.29. The molecule has 0 saturated heterocycles. The van der Waals surface area contributed by atoms with Crippen LogP contribution in [0, 0.1) is 0 Å². The van der Waals surface area contributed by atoms with E-state index >= 15 is 0 Å². The van der Waals surface area contributed by atoms with E-state index in [2.05, 4.69) is 5.48 Å². The maximum Gasteiger partial charge on any atom is 0.394 e. The number of hydrogen-bond acceptors (Lipinski definition) is 4. The molecule has 136 valence electrons. The van der Waals surface area contributed by atoms with Crippen molar-refractivity contribution in [2.45, 2.75) is 19.1 Å². The molecule has 0 saturated carbocycles. The molecule has 1 N–H and O–H groups in total. The SMILES string of the molecule is CONCc1cc(-n2c(=O)cc(CC(F)(F)F)n(C)c2=O)ccc1Cl. The molecule has 1 aromatic carbocycles. The fourth-order valence-electron chi connectivity index (χ4n) is 2.27. The van der Waals surface area contributed by atoms with E-state index in [4.69, 9.17) is 16.4 Å². The average Bonchev–Trinajstić information content (AvgIpc) is 2.51. The zero-order valence-electron chi connectivity index (χ0n) is 13.4. The lowest BCUT2D eigenvalue weighted by molar-refractivity contribution is -0.128. The summed E-state index contributed by atoms with van der Waals surface area (Å²) in [5, 5.41) is 0.381. The van der Waals surface area contributed by atoms with Gasteiger partial charge in [-0.2, -0.15) is 18.7 Å². The monoisotopic (exact) mass is 377 g/mol. The van der Waals surface area contributed by atoms with E-state index in [1.54, 1.807) is 0 Å². The van der Waals surface area contributed by atoms with Gasteiger partial charge in [0.05, 0.1) is 19.2 Å². The molecule has 0 aliphatic rings. The smallest absolute Gasteiger partial charge is 0.305 e. The van der Waals surface area contributed by atoms with Crippen LogP contribution in [-0.4, -0.2) is 22.4 Å². The van der Waals surface area contributed by atoms with Crippen molar-refractivity contribution in [3.63, 3.8) is 0 Å². The molecular formula is C15H15ClF3N3O3. The lowest BCUT2D eigenvalue weighted by atomic mass is 10.2. The van der Waals surface area contributed by atoms with Crippen LogP contribution >= 0.6 is 11.6 Å². The van der Waals surface area contributed by atoms with Crippen LogP contribution < -0.4 is 16.7 Å². The number of hydrogen-bond donors (Lipinski definition) is 1. The second kappa shape index (κ2) is 7.42. The van der Waals surface area contributed by atoms with E-state index in [9.17, 15) is 22.8 Å². The van der Waals surface area contributed by atoms with Gasteiger partial charge in [0.1, 0.15) is 0 Å². The van der Waals surface area contributed by atoms with Gasteiger partial charge in [0.15, 0.2) is 0 Å². The second-order valence-electron chi connectivity index (χ2n) is 5.24. The molecule has 0 amide bonds. The Hall–Kier alpha value is -2.10. The number of rotatable bonds is 5. The van der Waals surface area contributed by atoms with Gasteiger partial charge in [0.2, 0.25) is 0 Å². The number of aromatic nitrogens is 2. The van der Waals surface area contributed by atoms with Crippen LogP contribution in [0.4, 0.5) is 13.2 Å². The number of halogens is 4. The minimum Gasteiger partial charge on any atom is -0.305 e. The number of hydroxylamine groups is 1. The topological polar surface area (TPSA) is 65.3 Å². The minimum absolute atomic E-state index is 0.196. The Labute approximate surface area is 145 Å². The van der Waals surface area contributed by atoms with E-state index < -0.39 is 29.5 Å². The molecule has 2 rings (SSSR count). The maximum absolute atomic E-state index is 12.6. The fraction of sp³-hybridized carbons (Fsp3) is 0.333. The van der Waals surface area contributed by atoms with Gasteiger partial charge in [-0.1, -0.05) is 11.6 Å². The second-order valence-corrected chi connectivity index (χ2v) is 5.65. The molecular weight excluding hydrogens is 363 g/mol. The molecule has 0 bridgehead atoms. The van der Waals surface area contributed by atoms with Gasteiger partial charge in [0.25, 0.3) is 5.56 Å². The third kappa shape index (κ3) is 4.50. The van der Waals surface area contributed by atoms with Crippen LogP contribution in [0.1, 0.15) is 11.3 Å². The average molecular weight is 378 g/mol. The summed E-state index contributed by atoms with van der Waals surface area (Å²) in [4.78, 5) is 29.3. The molecule has 0 atom stereocenters. The highest BCUT2D eigenvalue weighted by Crippen LogP contribution is 2.21. The van der Waals surface area contributed by atoms with E-state index in [0.717, 1.165) is 15.2 Å². The van der Waals surface area contributed by atoms with Crippen molar-refractivity contribution in [1.29, 1.82) is 0 Å². The summed E-state index contributed by atoms with van der Waals surface area (Å²) in [7, 11) is 2.60. The van der Waals surface area contributed by atoms with Crippen LogP contribution in [0.3, 0.4) is 0 Å². The Morgan fingerprint density at radius 2 is 1.92 bits per heavy atom. The standard InChI is InChI=1S/C15H15ClF3N3O3/c1-21-11(7-15(17,18)19)6-13(23)22(14(21)24)10-3-4-12(16)9(5-10)8-20-25-2/h3-6,20H,7-8H2,1-2H3. The molecule has 0 radical (unpaired) electrons. The lowest BCUT2D eigenvalue weighted by Crippen LogP contribution is -2.39. The van der Waals surface area contributed by atoms with Gasteiger partial charge in [-0.15, -0.1) is 0 Å². The largest absolute Gasteiger partial charge is 0.394 e. The van der Waals surface area contributed by atoms with Crippen LogP contribution in [0.5, 0.6) is 0 Å². The van der Waals surface area contributed by atoms with E-state index in [-0.39, 0.29) is 12.2 Å². The van der Waals surface area contributed by atoms with Crippen LogP contribution in [-0.2, 0) is 24.9 Å². The normalized spacial score (nSPS) is 11.8. The first kappa shape index (κ1) is 19.2. The van der Waals surface area contributed by atoms with E-state index in [1.165, 1.54) is 32.4 Å². The van der Waals surface area contributed by atoms with Gasteiger partial charge < -0.3 is 4.84 Å². The molecule has 1 heterocycles. The summed E-state index contributed by atoms with van der Waals surface area (Å²) < 4.78 is 39.3. The fourth-order valence-corrected chi connectivity index (χ4v) is 2.45. The van der Waals surface area contributed by atoms with Crippen molar-refractivity contribution < 1.29 is 18.0 Å². The van der Waals surface area contributed by atoms with Crippen molar-refractivity contribution >= 4 is 11.6 Å². The van der Waals surface area contributed by atoms with Crippen LogP contribution in [0.2, 0.25) is 5.02 Å². The van der Waals surface area contributed by atoms with Gasteiger partial charge in [-0.25, -0.2) is 9.36 Å². The molecule has 0 fully saturated rings. The third-order valence-electron chi connectivity index (χ3n) is 3.50. The first-order valence-electron chi connectivity index (χ1n) is 7.07. The summed E-state index contributed by atoms with van der Waals surface area (Å²) >= 11 is 6.04. The molecule has 0 spiro atoms. The first-order chi connectivity index (χ1) is 11.6. The zero-order valence-corrected chi connectivity index (χ0v) is 14.1. The number of nitrogens with one attached hydrogen (secondary N) is 1. The Balaban J connectivity index is 2.56. The highest BCUT2D eigenvalue weighted by molar-refractivity contribution is 6.31. The molecule has 1 aromatic heterocycles. The lowest BCUT2D eigenvalue weighted by Gasteiger charge is -2.14. The zero-order chi connectivity index (χ0) is 18.8. The van der Waals surface area contributed by atoms with E-state index in [1.807, 2.05) is 0 Å². The van der Waals surface area contributed by atoms with Gasteiger partial charge >= 0.3 is 11.9 Å². The van der Waals surface area contributed by atoms with Crippen molar-refractivity contribution in [2.75, 3.05) is 7.11 Å². The molecule has 25 heavy (non-hydrogen) atoms. The summed E-state index contributed by atoms with van der Waals surface area (Å²) in [5.74, 6) is 0. The predicted molar refractivity (Wildman–Crippen MR) is 85.9 cm³/mol. The summed E-state index contributed by atoms with van der Waals surface area (Å²) in [5.41, 5.74) is 1.19. The number of nitrogens with zero attached hydrogens (tertiary/aromatic N) is 2. The van der Waals surface area contributed by atoms with Crippen LogP contribution in [0.25, 0.3) is 5.69 Å². The van der Waals surface area contributed by atoms with Crippen LogP contribution in [0.15, 0.2) is 33.9 Å². The molecule has 0 aliphatic carbocycles. The number of alkyl halides is 3. The third-order valence-corrected chi connectivity index (χ3v) is 3.86. The minimum atomic E-state index is -4.53. The quantitative estimate of drug-likeness (QED) is 0.809. The molecule has 6 nitrogen and oxygen atoms in total. The van der Waals surface area contributed by atoms with Crippen molar-refractivity contribution in [1.82, 2.24) is 14.6 Å².